The van der Waals surface area contributed by atoms with Gasteiger partial charge in [0.15, 0.2) is 0 Å². The summed E-state index contributed by atoms with van der Waals surface area (Å²) in [6.45, 7) is 4.61. The second-order valence-corrected chi connectivity index (χ2v) is 11.1. The van der Waals surface area contributed by atoms with E-state index in [0.29, 0.717) is 0 Å². The van der Waals surface area contributed by atoms with Crippen LogP contribution in [0.15, 0.2) is 115 Å². The summed E-state index contributed by atoms with van der Waals surface area (Å²) in [5, 5.41) is 0. The topological polar surface area (TPSA) is 35.6 Å². The number of aromatic nitrogens is 4. The molecule has 0 atom stereocenters. The number of hydrogen-bond acceptors (Lipinski definition) is 3. The number of thioether (sulfide) groups is 1. The third kappa shape index (κ3) is 5.24. The Morgan fingerprint density at radius 2 is 1.49 bits per heavy atom. The van der Waals surface area contributed by atoms with Crippen molar-refractivity contribution in [3.8, 4) is 39.6 Å². The number of rotatable bonds is 4. The van der Waals surface area contributed by atoms with Crippen LogP contribution in [-0.2, 0) is 32.6 Å². The summed E-state index contributed by atoms with van der Waals surface area (Å²) < 4.78 is 4.17. The smallest absolute Gasteiger partial charge is 0.0606 e. The van der Waals surface area contributed by atoms with Gasteiger partial charge in [0.2, 0.25) is 0 Å². The minimum absolute atomic E-state index is 0. The van der Waals surface area contributed by atoms with E-state index >= 15 is 0 Å². The molecule has 7 rings (SSSR count). The van der Waals surface area contributed by atoms with Gasteiger partial charge >= 0.3 is 0 Å². The third-order valence-electron chi connectivity index (χ3n) is 7.49. The molecule has 0 saturated heterocycles. The second-order valence-electron chi connectivity index (χ2n) is 10.2. The predicted octanol–water partition coefficient (Wildman–Crippen LogP) is 8.25. The van der Waals surface area contributed by atoms with Crippen LogP contribution in [0, 0.1) is 12.1 Å². The number of nitrogens with zero attached hydrogens (tertiary/aromatic N) is 4. The van der Waals surface area contributed by atoms with E-state index in [1.165, 1.54) is 27.1 Å². The molecule has 1 radical (unpaired) electrons. The summed E-state index contributed by atoms with van der Waals surface area (Å²) in [5.74, 6) is 1.90. The molecule has 1 aliphatic carbocycles. The molecule has 0 aliphatic heterocycles. The van der Waals surface area contributed by atoms with Crippen molar-refractivity contribution in [1.29, 1.82) is 0 Å². The summed E-state index contributed by atoms with van der Waals surface area (Å²) in [6.07, 6.45) is 9.76. The predicted molar refractivity (Wildman–Crippen MR) is 165 cm³/mol. The average molecular weight is 731 g/mol. The number of benzene rings is 4. The molecule has 41 heavy (non-hydrogen) atoms. The molecule has 0 unspecified atom stereocenters. The van der Waals surface area contributed by atoms with Crippen molar-refractivity contribution < 1.29 is 20.1 Å². The summed E-state index contributed by atoms with van der Waals surface area (Å²) in [4.78, 5) is 10.2. The van der Waals surface area contributed by atoms with Crippen LogP contribution < -0.4 is 0 Å². The Bertz CT molecular complexity index is 1790. The first-order chi connectivity index (χ1) is 19.5. The van der Waals surface area contributed by atoms with Gasteiger partial charge in [-0.15, -0.1) is 77.0 Å². The molecule has 4 nitrogen and oxygen atoms in total. The van der Waals surface area contributed by atoms with E-state index in [1.54, 1.807) is 18.0 Å². The largest absolute Gasteiger partial charge is 0.373 e. The molecular formula is C35H30IrN4S-2. The van der Waals surface area contributed by atoms with Crippen molar-refractivity contribution in [2.45, 2.75) is 24.2 Å². The van der Waals surface area contributed by atoms with Gasteiger partial charge in [-0.3, -0.25) is 9.97 Å². The maximum absolute atomic E-state index is 4.77. The van der Waals surface area contributed by atoms with Gasteiger partial charge in [0.1, 0.15) is 0 Å². The molecule has 0 saturated carbocycles. The van der Waals surface area contributed by atoms with Gasteiger partial charge in [-0.1, -0.05) is 55.8 Å². The minimum Gasteiger partial charge on any atom is -0.373 e. The van der Waals surface area contributed by atoms with Crippen LogP contribution >= 0.6 is 11.8 Å². The van der Waals surface area contributed by atoms with E-state index in [9.17, 15) is 0 Å². The van der Waals surface area contributed by atoms with E-state index in [4.69, 9.17) is 4.98 Å². The average Bonchev–Trinajstić information content (AvgIpc) is 3.71. The van der Waals surface area contributed by atoms with Gasteiger partial charge in [-0.2, -0.15) is 0 Å². The standard InChI is InChI=1S/C25H21N2S.C10H9N2.Ir/c1-25(2)20-12-5-4-9-17(20)18-10-8-11-19(23(18)25)24-26-15-16-27(24)21-13-6-7-14-22(21)28-3;1-12-8-7-11-10(12)9-5-3-2-4-6-9;/h4-10,12-16H,1-3H3;2-5,7-8H,1H3;/q2*-1;. The number of hydrogen-bond donors (Lipinski definition) is 0. The van der Waals surface area contributed by atoms with E-state index < -0.39 is 0 Å². The summed E-state index contributed by atoms with van der Waals surface area (Å²) in [6, 6.07) is 35.9. The van der Waals surface area contributed by atoms with Crippen molar-refractivity contribution in [3.63, 3.8) is 0 Å². The summed E-state index contributed by atoms with van der Waals surface area (Å²) in [5.41, 5.74) is 8.47. The molecule has 0 N–H and O–H groups in total. The minimum atomic E-state index is -0.0885. The molecule has 6 aromatic rings. The fourth-order valence-corrected chi connectivity index (χ4v) is 6.21. The Hall–Kier alpha value is -3.70. The summed E-state index contributed by atoms with van der Waals surface area (Å²) in [7, 11) is 1.98. The van der Waals surface area contributed by atoms with Gasteiger partial charge in [0.05, 0.1) is 17.3 Å². The Morgan fingerprint density at radius 1 is 0.756 bits per heavy atom. The van der Waals surface area contributed by atoms with E-state index in [1.807, 2.05) is 60.5 Å². The first-order valence-corrected chi connectivity index (χ1v) is 14.5. The zero-order chi connectivity index (χ0) is 27.7. The second kappa shape index (κ2) is 12.0. The van der Waals surface area contributed by atoms with Crippen LogP contribution in [0.1, 0.15) is 25.0 Å². The Kier molecular flexibility index (Phi) is 8.46. The van der Waals surface area contributed by atoms with Crippen LogP contribution in [0.5, 0.6) is 0 Å². The quantitative estimate of drug-likeness (QED) is 0.136. The van der Waals surface area contributed by atoms with Crippen LogP contribution in [0.3, 0.4) is 0 Å². The van der Waals surface area contributed by atoms with Crippen LogP contribution in [0.4, 0.5) is 0 Å². The molecule has 6 heteroatoms. The Morgan fingerprint density at radius 3 is 2.24 bits per heavy atom. The molecule has 0 spiro atoms. The van der Waals surface area contributed by atoms with Crippen LogP contribution in [-0.4, -0.2) is 25.4 Å². The molecule has 2 aromatic heterocycles. The van der Waals surface area contributed by atoms with Crippen molar-refractivity contribution in [2.75, 3.05) is 6.26 Å². The molecular weight excluding hydrogens is 701 g/mol. The van der Waals surface area contributed by atoms with Crippen molar-refractivity contribution >= 4 is 11.8 Å². The fraction of sp³-hybridized carbons (Fsp3) is 0.143. The van der Waals surface area contributed by atoms with Gasteiger partial charge in [0.25, 0.3) is 0 Å². The molecule has 0 bridgehead atoms. The molecule has 0 fully saturated rings. The van der Waals surface area contributed by atoms with Crippen LogP contribution in [0.25, 0.3) is 39.6 Å². The Balaban J connectivity index is 0.000000218. The maximum Gasteiger partial charge on any atom is 0.0606 e. The van der Waals surface area contributed by atoms with Crippen molar-refractivity contribution in [2.24, 2.45) is 7.05 Å². The van der Waals surface area contributed by atoms with Crippen molar-refractivity contribution in [3.05, 3.63) is 133 Å². The first-order valence-electron chi connectivity index (χ1n) is 13.3. The fourth-order valence-electron chi connectivity index (χ4n) is 5.62. The van der Waals surface area contributed by atoms with E-state index in [2.05, 4.69) is 96.4 Å². The number of fused-ring (bicyclic) bond motifs is 3. The van der Waals surface area contributed by atoms with E-state index in [0.717, 1.165) is 28.5 Å². The number of imidazole rings is 2. The third-order valence-corrected chi connectivity index (χ3v) is 8.28. The SMILES string of the molecule is CSc1ccccc1-n1ccnc1-c1[c-]ccc2c1C(C)(C)c1ccccc1-2.Cn1ccnc1-c1[c-]cccc1.[Ir]. The Labute approximate surface area is 259 Å². The molecule has 0 amide bonds. The van der Waals surface area contributed by atoms with Crippen molar-refractivity contribution in [1.82, 2.24) is 19.1 Å². The first kappa shape index (κ1) is 28.8. The van der Waals surface area contributed by atoms with E-state index in [-0.39, 0.29) is 25.5 Å². The van der Waals surface area contributed by atoms with Gasteiger partial charge in [-0.25, -0.2) is 0 Å². The monoisotopic (exact) mass is 731 g/mol. The van der Waals surface area contributed by atoms with Crippen LogP contribution in [0.2, 0.25) is 0 Å². The zero-order valence-corrected chi connectivity index (χ0v) is 26.6. The molecule has 4 aromatic carbocycles. The molecule has 1 aliphatic rings. The van der Waals surface area contributed by atoms with Gasteiger partial charge < -0.3 is 9.13 Å². The number of para-hydroxylation sites is 1. The normalized spacial score (nSPS) is 12.5. The summed E-state index contributed by atoms with van der Waals surface area (Å²) >= 11 is 1.75. The number of aryl methyl sites for hydroxylation is 1. The molecule has 207 valence electrons. The molecule has 2 heterocycles. The maximum atomic E-state index is 4.77. The zero-order valence-electron chi connectivity index (χ0n) is 23.4. The van der Waals surface area contributed by atoms with Gasteiger partial charge in [0, 0.05) is 56.8 Å². The van der Waals surface area contributed by atoms with Gasteiger partial charge in [-0.05, 0) is 34.9 Å².